The van der Waals surface area contributed by atoms with Crippen molar-refractivity contribution in [3.8, 4) is 0 Å². The van der Waals surface area contributed by atoms with Gasteiger partial charge in [0.15, 0.2) is 16.3 Å². The van der Waals surface area contributed by atoms with Crippen LogP contribution < -0.4 is 0 Å². The van der Waals surface area contributed by atoms with Crippen molar-refractivity contribution in [3.05, 3.63) is 0 Å². The second kappa shape index (κ2) is 5.99. The van der Waals surface area contributed by atoms with Gasteiger partial charge < -0.3 is 8.57 Å². The molecule has 12 heavy (non-hydrogen) atoms. The number of hydrogen-bond acceptors (Lipinski definition) is 4. The number of hydrogen-bond donors (Lipinski definition) is 0. The Hall–Kier alpha value is -0.580. The molecule has 5 heteroatoms. The maximum absolute atomic E-state index is 10.8. The van der Waals surface area contributed by atoms with Gasteiger partial charge in [-0.2, -0.15) is 0 Å². The Morgan fingerprint density at radius 2 is 2.08 bits per heavy atom. The third-order valence-electron chi connectivity index (χ3n) is 1.49. The van der Waals surface area contributed by atoms with E-state index in [0.717, 1.165) is 0 Å². The lowest BCUT2D eigenvalue weighted by molar-refractivity contribution is -0.141. The molecule has 0 aliphatic heterocycles. The molecule has 0 N–H and O–H groups in total. The van der Waals surface area contributed by atoms with Crippen molar-refractivity contribution in [1.82, 2.24) is 0 Å². The predicted octanol–water partition coefficient (Wildman–Crippen LogP) is 1.43. The minimum Gasteiger partial charge on any atom is -0.469 e. The Labute approximate surface area is 79.7 Å². The molecule has 0 aromatic heterocycles. The van der Waals surface area contributed by atoms with Crippen LogP contribution in [0.5, 0.6) is 0 Å². The van der Waals surface area contributed by atoms with Crippen LogP contribution in [0.15, 0.2) is 0 Å². The minimum absolute atomic E-state index is 0.236. The van der Waals surface area contributed by atoms with Crippen molar-refractivity contribution >= 4 is 28.2 Å². The van der Waals surface area contributed by atoms with E-state index in [9.17, 15) is 9.59 Å². The molecule has 4 nitrogen and oxygen atoms in total. The number of methoxy groups -OCH3 is 1. The van der Waals surface area contributed by atoms with Gasteiger partial charge in [0.25, 0.3) is 0 Å². The van der Waals surface area contributed by atoms with Gasteiger partial charge in [0.1, 0.15) is 0 Å². The molecule has 1 atom stereocenters. The number of carbonyl (C=O) groups excluding carboxylic acids is 2. The van der Waals surface area contributed by atoms with E-state index < -0.39 is 0 Å². The van der Waals surface area contributed by atoms with E-state index in [2.05, 4.69) is 24.8 Å². The zero-order valence-electron chi connectivity index (χ0n) is 7.00. The molecule has 0 saturated heterocycles. The van der Waals surface area contributed by atoms with Gasteiger partial charge in [-0.3, -0.25) is 9.59 Å². The normalized spacial score (nSPS) is 11.9. The van der Waals surface area contributed by atoms with Gasteiger partial charge in [0.05, 0.1) is 13.0 Å². The summed E-state index contributed by atoms with van der Waals surface area (Å²) in [5.74, 6) is -0.980. The molecule has 0 bridgehead atoms. The number of esters is 1. The van der Waals surface area contributed by atoms with Gasteiger partial charge in [-0.1, -0.05) is 6.92 Å². The molecule has 0 saturated carbocycles. The third kappa shape index (κ3) is 4.33. The highest BCUT2D eigenvalue weighted by Crippen LogP contribution is 2.09. The summed E-state index contributed by atoms with van der Waals surface area (Å²) in [4.78, 5) is 21.4. The molecular formula is C7H11BrO4. The molecule has 0 spiro atoms. The first-order valence-electron chi connectivity index (χ1n) is 3.51. The number of ether oxygens (including phenoxy) is 1. The van der Waals surface area contributed by atoms with Crippen LogP contribution in [0.4, 0.5) is 0 Å². The molecule has 0 aromatic carbocycles. The summed E-state index contributed by atoms with van der Waals surface area (Å²) in [5, 5.41) is 0. The number of halogens is 1. The zero-order valence-corrected chi connectivity index (χ0v) is 8.59. The third-order valence-corrected chi connectivity index (χ3v) is 1.81. The first-order chi connectivity index (χ1) is 5.61. The average molecular weight is 239 g/mol. The van der Waals surface area contributed by atoms with Crippen LogP contribution in [-0.4, -0.2) is 19.0 Å². The molecule has 0 heterocycles. The molecule has 0 aromatic rings. The Kier molecular flexibility index (Phi) is 5.70. The van der Waals surface area contributed by atoms with Gasteiger partial charge in [-0.05, 0) is 6.42 Å². The molecular weight excluding hydrogens is 228 g/mol. The maximum atomic E-state index is 10.8. The van der Waals surface area contributed by atoms with E-state index in [1.165, 1.54) is 7.11 Å². The fourth-order valence-corrected chi connectivity index (χ4v) is 0.949. The topological polar surface area (TPSA) is 52.6 Å². The van der Waals surface area contributed by atoms with Crippen molar-refractivity contribution in [1.29, 1.82) is 0 Å². The largest absolute Gasteiger partial charge is 0.469 e. The molecule has 0 amide bonds. The van der Waals surface area contributed by atoms with Gasteiger partial charge in [-0.15, -0.1) is 0 Å². The standard InChI is InChI=1S/C7H11BrO4/c1-5(7(10)12-8)3-4-6(9)11-2/h5H,3-4H2,1-2H3. The molecule has 0 rings (SSSR count). The average Bonchev–Trinajstić information content (AvgIpc) is 2.11. The maximum Gasteiger partial charge on any atom is 0.320 e. The SMILES string of the molecule is COC(=O)CCC(C)C(=O)OBr. The molecule has 0 radical (unpaired) electrons. The van der Waals surface area contributed by atoms with Crippen LogP contribution in [0.25, 0.3) is 0 Å². The van der Waals surface area contributed by atoms with Crippen LogP contribution in [0.1, 0.15) is 19.8 Å². The van der Waals surface area contributed by atoms with Crippen molar-refractivity contribution < 1.29 is 18.2 Å². The molecule has 0 aliphatic rings. The second-order valence-corrected chi connectivity index (χ2v) is 2.74. The highest BCUT2D eigenvalue weighted by Gasteiger charge is 2.15. The highest BCUT2D eigenvalue weighted by molar-refractivity contribution is 9.06. The van der Waals surface area contributed by atoms with E-state index >= 15 is 0 Å². The van der Waals surface area contributed by atoms with Crippen LogP contribution in [0.2, 0.25) is 0 Å². The van der Waals surface area contributed by atoms with Gasteiger partial charge in [0.2, 0.25) is 0 Å². The lowest BCUT2D eigenvalue weighted by Crippen LogP contribution is -2.12. The summed E-state index contributed by atoms with van der Waals surface area (Å²) >= 11 is 2.57. The summed E-state index contributed by atoms with van der Waals surface area (Å²) in [5.41, 5.74) is 0. The fourth-order valence-electron chi connectivity index (χ4n) is 0.630. The lowest BCUT2D eigenvalue weighted by Gasteiger charge is -2.05. The monoisotopic (exact) mass is 238 g/mol. The van der Waals surface area contributed by atoms with Crippen LogP contribution in [0, 0.1) is 5.92 Å². The summed E-state index contributed by atoms with van der Waals surface area (Å²) in [7, 11) is 1.32. The number of rotatable bonds is 4. The molecule has 0 fully saturated rings. The van der Waals surface area contributed by atoms with Crippen molar-refractivity contribution in [3.63, 3.8) is 0 Å². The summed E-state index contributed by atoms with van der Waals surface area (Å²) in [6, 6.07) is 0. The van der Waals surface area contributed by atoms with E-state index in [1.54, 1.807) is 6.92 Å². The van der Waals surface area contributed by atoms with Gasteiger partial charge in [0, 0.05) is 6.42 Å². The fraction of sp³-hybridized carbons (Fsp3) is 0.714. The summed E-state index contributed by atoms with van der Waals surface area (Å²) in [6.45, 7) is 1.69. The first kappa shape index (κ1) is 11.4. The van der Waals surface area contributed by atoms with Crippen LogP contribution in [-0.2, 0) is 18.2 Å². The molecule has 1 unspecified atom stereocenters. The second-order valence-electron chi connectivity index (χ2n) is 2.41. The Morgan fingerprint density at radius 1 is 1.50 bits per heavy atom. The van der Waals surface area contributed by atoms with E-state index in [4.69, 9.17) is 0 Å². The van der Waals surface area contributed by atoms with Crippen molar-refractivity contribution in [2.45, 2.75) is 19.8 Å². The van der Waals surface area contributed by atoms with E-state index in [1.807, 2.05) is 0 Å². The Balaban J connectivity index is 3.63. The molecule has 0 aliphatic carbocycles. The Bertz CT molecular complexity index is 169. The first-order valence-corrected chi connectivity index (χ1v) is 4.15. The van der Waals surface area contributed by atoms with E-state index in [-0.39, 0.29) is 24.3 Å². The van der Waals surface area contributed by atoms with E-state index in [0.29, 0.717) is 6.42 Å². The number of carbonyl (C=O) groups is 2. The van der Waals surface area contributed by atoms with Crippen molar-refractivity contribution in [2.75, 3.05) is 7.11 Å². The quantitative estimate of drug-likeness (QED) is 0.696. The summed E-state index contributed by atoms with van der Waals surface area (Å²) < 4.78 is 8.71. The van der Waals surface area contributed by atoms with Crippen LogP contribution >= 0.6 is 16.3 Å². The summed E-state index contributed by atoms with van der Waals surface area (Å²) in [6.07, 6.45) is 0.677. The van der Waals surface area contributed by atoms with Gasteiger partial charge in [-0.25, -0.2) is 0 Å². The highest BCUT2D eigenvalue weighted by atomic mass is 79.9. The smallest absolute Gasteiger partial charge is 0.320 e. The zero-order chi connectivity index (χ0) is 9.56. The lowest BCUT2D eigenvalue weighted by atomic mass is 10.1. The molecule has 70 valence electrons. The minimum atomic E-state index is -0.376. The van der Waals surface area contributed by atoms with Gasteiger partial charge >= 0.3 is 11.9 Å². The van der Waals surface area contributed by atoms with Crippen molar-refractivity contribution in [2.24, 2.45) is 5.92 Å². The Morgan fingerprint density at radius 3 is 2.50 bits per heavy atom. The predicted molar refractivity (Wildman–Crippen MR) is 45.4 cm³/mol. The van der Waals surface area contributed by atoms with Crippen LogP contribution in [0.3, 0.4) is 0 Å².